The molecule has 0 aliphatic heterocycles. The van der Waals surface area contributed by atoms with Crippen molar-refractivity contribution in [2.45, 2.75) is 52.1 Å². The average Bonchev–Trinajstić information content (AvgIpc) is 2.41. The minimum atomic E-state index is -0.0157. The molecule has 1 aliphatic carbocycles. The summed E-state index contributed by atoms with van der Waals surface area (Å²) >= 11 is 0. The highest BCUT2D eigenvalue weighted by Gasteiger charge is 2.22. The lowest BCUT2D eigenvalue weighted by atomic mass is 9.85. The van der Waals surface area contributed by atoms with E-state index in [0.717, 1.165) is 24.5 Å². The van der Waals surface area contributed by atoms with Crippen LogP contribution in [0.1, 0.15) is 56.3 Å². The number of benzene rings is 1. The van der Waals surface area contributed by atoms with Gasteiger partial charge in [-0.05, 0) is 50.3 Å². The van der Waals surface area contributed by atoms with E-state index in [1.807, 2.05) is 6.07 Å². The molecule has 1 fully saturated rings. The number of nitrogen functional groups attached to an aromatic ring is 1. The molecule has 0 saturated heterocycles. The molecule has 2 unspecified atom stereocenters. The topological polar surface area (TPSA) is 52.3 Å². The van der Waals surface area contributed by atoms with E-state index in [-0.39, 0.29) is 11.9 Å². The van der Waals surface area contributed by atoms with Crippen LogP contribution in [-0.4, -0.2) is 11.9 Å². The van der Waals surface area contributed by atoms with Gasteiger partial charge in [0.1, 0.15) is 5.75 Å². The third-order valence-electron chi connectivity index (χ3n) is 4.02. The zero-order valence-corrected chi connectivity index (χ0v) is 11.8. The Hall–Kier alpha value is -1.51. The normalized spacial score (nSPS) is 23.1. The molecule has 1 aliphatic rings. The van der Waals surface area contributed by atoms with Gasteiger partial charge in [-0.15, -0.1) is 0 Å². The number of Topliss-reactive ketones (excluding diaryl/α,β-unsaturated/α-hetero) is 1. The third kappa shape index (κ3) is 3.49. The van der Waals surface area contributed by atoms with Crippen LogP contribution in [0.25, 0.3) is 0 Å². The van der Waals surface area contributed by atoms with E-state index >= 15 is 0 Å². The van der Waals surface area contributed by atoms with Crippen LogP contribution in [0.15, 0.2) is 18.2 Å². The van der Waals surface area contributed by atoms with Gasteiger partial charge < -0.3 is 10.5 Å². The van der Waals surface area contributed by atoms with Crippen molar-refractivity contribution in [1.29, 1.82) is 0 Å². The first-order chi connectivity index (χ1) is 9.10. The highest BCUT2D eigenvalue weighted by atomic mass is 16.5. The maximum Gasteiger partial charge on any atom is 0.162 e. The summed E-state index contributed by atoms with van der Waals surface area (Å²) in [4.78, 5) is 11.5. The molecule has 3 nitrogen and oxygen atoms in total. The van der Waals surface area contributed by atoms with Crippen LogP contribution in [0.3, 0.4) is 0 Å². The predicted octanol–water partition coefficient (Wildman–Crippen LogP) is 3.82. The smallest absolute Gasteiger partial charge is 0.162 e. The third-order valence-corrected chi connectivity index (χ3v) is 4.02. The fraction of sp³-hybridized carbons (Fsp3) is 0.562. The largest absolute Gasteiger partial charge is 0.490 e. The maximum absolute atomic E-state index is 11.5. The fourth-order valence-electron chi connectivity index (χ4n) is 2.83. The molecule has 19 heavy (non-hydrogen) atoms. The lowest BCUT2D eigenvalue weighted by molar-refractivity contribution is 0.101. The van der Waals surface area contributed by atoms with E-state index in [2.05, 4.69) is 6.92 Å². The molecule has 0 heterocycles. The molecule has 104 valence electrons. The van der Waals surface area contributed by atoms with Crippen LogP contribution in [0.4, 0.5) is 5.69 Å². The Morgan fingerprint density at radius 2 is 2.21 bits per heavy atom. The first-order valence-electron chi connectivity index (χ1n) is 7.17. The lowest BCUT2D eigenvalue weighted by Crippen LogP contribution is -2.25. The molecule has 2 atom stereocenters. The Morgan fingerprint density at radius 3 is 2.89 bits per heavy atom. The van der Waals surface area contributed by atoms with E-state index in [1.165, 1.54) is 26.2 Å². The zero-order chi connectivity index (χ0) is 13.8. The molecule has 1 aromatic rings. The van der Waals surface area contributed by atoms with Gasteiger partial charge in [0.2, 0.25) is 0 Å². The summed E-state index contributed by atoms with van der Waals surface area (Å²) in [5.41, 5.74) is 6.87. The number of carbonyl (C=O) groups excluding carboxylic acids is 1. The summed E-state index contributed by atoms with van der Waals surface area (Å²) in [6.45, 7) is 3.77. The molecule has 1 saturated carbocycles. The fourth-order valence-corrected chi connectivity index (χ4v) is 2.83. The number of hydrogen-bond donors (Lipinski definition) is 1. The summed E-state index contributed by atoms with van der Waals surface area (Å²) in [5.74, 6) is 1.53. The minimum Gasteiger partial charge on any atom is -0.490 e. The van der Waals surface area contributed by atoms with E-state index in [4.69, 9.17) is 10.5 Å². The number of anilines is 1. The molecule has 2 N–H and O–H groups in total. The van der Waals surface area contributed by atoms with Crippen molar-refractivity contribution >= 4 is 11.5 Å². The van der Waals surface area contributed by atoms with E-state index in [0.29, 0.717) is 11.3 Å². The van der Waals surface area contributed by atoms with Gasteiger partial charge in [-0.2, -0.15) is 0 Å². The summed E-state index contributed by atoms with van der Waals surface area (Å²) < 4.78 is 6.03. The summed E-state index contributed by atoms with van der Waals surface area (Å²) in [5, 5.41) is 0. The van der Waals surface area contributed by atoms with Crippen LogP contribution in [0, 0.1) is 5.92 Å². The highest BCUT2D eigenvalue weighted by Crippen LogP contribution is 2.30. The van der Waals surface area contributed by atoms with Crippen LogP contribution < -0.4 is 10.5 Å². The van der Waals surface area contributed by atoms with Crippen molar-refractivity contribution in [1.82, 2.24) is 0 Å². The Labute approximate surface area is 115 Å². The summed E-state index contributed by atoms with van der Waals surface area (Å²) in [7, 11) is 0. The van der Waals surface area contributed by atoms with E-state index in [1.54, 1.807) is 12.1 Å². The Bertz CT molecular complexity index is 456. The average molecular weight is 261 g/mol. The molecule has 0 radical (unpaired) electrons. The van der Waals surface area contributed by atoms with E-state index < -0.39 is 0 Å². The molecular weight excluding hydrogens is 238 g/mol. The van der Waals surface area contributed by atoms with Crippen molar-refractivity contribution in [3.63, 3.8) is 0 Å². The number of carbonyl (C=O) groups is 1. The SMILES string of the molecule is CCC1CCCC(Oc2ccc(N)c(C(C)=O)c2)C1. The summed E-state index contributed by atoms with van der Waals surface area (Å²) in [6.07, 6.45) is 6.28. The molecule has 0 amide bonds. The van der Waals surface area contributed by atoms with Crippen LogP contribution in [-0.2, 0) is 0 Å². The molecule has 3 heteroatoms. The Kier molecular flexibility index (Phi) is 4.46. The van der Waals surface area contributed by atoms with Gasteiger partial charge in [-0.3, -0.25) is 4.79 Å². The van der Waals surface area contributed by atoms with Crippen molar-refractivity contribution in [2.24, 2.45) is 5.92 Å². The molecule has 0 bridgehead atoms. The molecular formula is C16H23NO2. The number of hydrogen-bond acceptors (Lipinski definition) is 3. The van der Waals surface area contributed by atoms with Crippen molar-refractivity contribution in [3.05, 3.63) is 23.8 Å². The van der Waals surface area contributed by atoms with Crippen LogP contribution in [0.2, 0.25) is 0 Å². The molecule has 0 spiro atoms. The van der Waals surface area contributed by atoms with Crippen molar-refractivity contribution in [2.75, 3.05) is 5.73 Å². The second-order valence-corrected chi connectivity index (χ2v) is 5.49. The van der Waals surface area contributed by atoms with Gasteiger partial charge in [0.25, 0.3) is 0 Å². The second-order valence-electron chi connectivity index (χ2n) is 5.49. The quantitative estimate of drug-likeness (QED) is 0.662. The predicted molar refractivity (Wildman–Crippen MR) is 77.5 cm³/mol. The monoisotopic (exact) mass is 261 g/mol. The second kappa shape index (κ2) is 6.09. The van der Waals surface area contributed by atoms with Gasteiger partial charge in [-0.25, -0.2) is 0 Å². The van der Waals surface area contributed by atoms with Crippen LogP contribution >= 0.6 is 0 Å². The van der Waals surface area contributed by atoms with Crippen LogP contribution in [0.5, 0.6) is 5.75 Å². The first kappa shape index (κ1) is 13.9. The standard InChI is InChI=1S/C16H23NO2/c1-3-12-5-4-6-13(9-12)19-14-7-8-16(17)15(10-14)11(2)18/h7-8,10,12-13H,3-6,9,17H2,1-2H3. The Morgan fingerprint density at radius 1 is 1.42 bits per heavy atom. The van der Waals surface area contributed by atoms with E-state index in [9.17, 15) is 4.79 Å². The van der Waals surface area contributed by atoms with Crippen molar-refractivity contribution in [3.8, 4) is 5.75 Å². The number of nitrogens with two attached hydrogens (primary N) is 1. The van der Waals surface area contributed by atoms with Gasteiger partial charge >= 0.3 is 0 Å². The number of ketones is 1. The summed E-state index contributed by atoms with van der Waals surface area (Å²) in [6, 6.07) is 5.39. The molecule has 1 aromatic carbocycles. The van der Waals surface area contributed by atoms with Crippen molar-refractivity contribution < 1.29 is 9.53 Å². The van der Waals surface area contributed by atoms with Gasteiger partial charge in [0.15, 0.2) is 5.78 Å². The number of ether oxygens (including phenoxy) is 1. The maximum atomic E-state index is 11.5. The van der Waals surface area contributed by atoms with Gasteiger partial charge in [0, 0.05) is 11.3 Å². The number of rotatable bonds is 4. The van der Waals surface area contributed by atoms with Gasteiger partial charge in [0.05, 0.1) is 6.10 Å². The lowest BCUT2D eigenvalue weighted by Gasteiger charge is -2.29. The highest BCUT2D eigenvalue weighted by molar-refractivity contribution is 5.99. The zero-order valence-electron chi connectivity index (χ0n) is 11.8. The Balaban J connectivity index is 2.06. The molecule has 0 aromatic heterocycles. The van der Waals surface area contributed by atoms with Gasteiger partial charge in [-0.1, -0.05) is 19.8 Å². The minimum absolute atomic E-state index is 0.0157. The molecule has 2 rings (SSSR count). The first-order valence-corrected chi connectivity index (χ1v) is 7.17.